The lowest BCUT2D eigenvalue weighted by molar-refractivity contribution is 0.00262. The highest BCUT2D eigenvalue weighted by atomic mass is 16.3. The SMILES string of the molecule is Oc1ccc2c(c1)CCC2NCC1(O)CCCCC1. The molecule has 3 nitrogen and oxygen atoms in total. The number of fused-ring (bicyclic) bond motifs is 1. The van der Waals surface area contributed by atoms with Crippen molar-refractivity contribution in [1.82, 2.24) is 5.32 Å². The second-order valence-electron chi connectivity index (χ2n) is 6.14. The molecule has 2 aliphatic rings. The van der Waals surface area contributed by atoms with Gasteiger partial charge in [-0.3, -0.25) is 0 Å². The Balaban J connectivity index is 1.63. The van der Waals surface area contributed by atoms with Crippen LogP contribution in [0.5, 0.6) is 5.75 Å². The molecule has 0 saturated heterocycles. The van der Waals surface area contributed by atoms with E-state index in [2.05, 4.69) is 5.32 Å². The first-order chi connectivity index (χ1) is 9.16. The van der Waals surface area contributed by atoms with Crippen LogP contribution in [0.25, 0.3) is 0 Å². The summed E-state index contributed by atoms with van der Waals surface area (Å²) < 4.78 is 0. The molecule has 0 amide bonds. The van der Waals surface area contributed by atoms with Gasteiger partial charge in [-0.15, -0.1) is 0 Å². The number of aromatic hydroxyl groups is 1. The average molecular weight is 261 g/mol. The highest BCUT2D eigenvalue weighted by Crippen LogP contribution is 2.34. The van der Waals surface area contributed by atoms with Crippen LogP contribution in [0.2, 0.25) is 0 Å². The molecule has 3 heteroatoms. The molecule has 2 aliphatic carbocycles. The van der Waals surface area contributed by atoms with Crippen molar-refractivity contribution in [2.75, 3.05) is 6.54 Å². The summed E-state index contributed by atoms with van der Waals surface area (Å²) >= 11 is 0. The number of rotatable bonds is 3. The van der Waals surface area contributed by atoms with Crippen molar-refractivity contribution in [3.63, 3.8) is 0 Å². The molecular weight excluding hydrogens is 238 g/mol. The number of phenols is 1. The minimum Gasteiger partial charge on any atom is -0.508 e. The van der Waals surface area contributed by atoms with E-state index in [0.29, 0.717) is 18.3 Å². The minimum absolute atomic E-state index is 0.335. The van der Waals surface area contributed by atoms with Crippen molar-refractivity contribution in [3.8, 4) is 5.75 Å². The van der Waals surface area contributed by atoms with Gasteiger partial charge < -0.3 is 15.5 Å². The Morgan fingerprint density at radius 3 is 2.79 bits per heavy atom. The van der Waals surface area contributed by atoms with Gasteiger partial charge in [0.05, 0.1) is 5.60 Å². The van der Waals surface area contributed by atoms with Gasteiger partial charge in [0.1, 0.15) is 5.75 Å². The van der Waals surface area contributed by atoms with Gasteiger partial charge in [0, 0.05) is 12.6 Å². The first kappa shape index (κ1) is 12.9. The second-order valence-corrected chi connectivity index (χ2v) is 6.14. The van der Waals surface area contributed by atoms with E-state index in [9.17, 15) is 10.2 Å². The third-order valence-corrected chi connectivity index (χ3v) is 4.67. The maximum atomic E-state index is 10.5. The van der Waals surface area contributed by atoms with Gasteiger partial charge in [0.2, 0.25) is 0 Å². The van der Waals surface area contributed by atoms with Crippen molar-refractivity contribution in [1.29, 1.82) is 0 Å². The van der Waals surface area contributed by atoms with Crippen molar-refractivity contribution in [2.45, 2.75) is 56.6 Å². The molecule has 19 heavy (non-hydrogen) atoms. The molecule has 1 atom stereocenters. The number of nitrogens with one attached hydrogen (secondary N) is 1. The van der Waals surface area contributed by atoms with Crippen LogP contribution in [0.3, 0.4) is 0 Å². The van der Waals surface area contributed by atoms with Crippen LogP contribution in [0.1, 0.15) is 55.7 Å². The zero-order valence-electron chi connectivity index (χ0n) is 11.4. The third kappa shape index (κ3) is 2.77. The standard InChI is InChI=1S/C16H23NO2/c18-13-5-6-14-12(10-13)4-7-15(14)17-11-16(19)8-2-1-3-9-16/h5-6,10,15,17-19H,1-4,7-9,11H2. The van der Waals surface area contributed by atoms with E-state index in [0.717, 1.165) is 38.5 Å². The van der Waals surface area contributed by atoms with Gasteiger partial charge in [-0.2, -0.15) is 0 Å². The largest absolute Gasteiger partial charge is 0.508 e. The molecule has 0 aromatic heterocycles. The maximum absolute atomic E-state index is 10.5. The van der Waals surface area contributed by atoms with E-state index in [1.807, 2.05) is 12.1 Å². The van der Waals surface area contributed by atoms with E-state index in [4.69, 9.17) is 0 Å². The summed E-state index contributed by atoms with van der Waals surface area (Å²) in [5.41, 5.74) is 2.03. The number of hydrogen-bond donors (Lipinski definition) is 3. The lowest BCUT2D eigenvalue weighted by atomic mass is 9.84. The Morgan fingerprint density at radius 2 is 2.00 bits per heavy atom. The molecule has 1 unspecified atom stereocenters. The van der Waals surface area contributed by atoms with E-state index < -0.39 is 5.60 Å². The van der Waals surface area contributed by atoms with E-state index in [-0.39, 0.29) is 0 Å². The molecule has 0 radical (unpaired) electrons. The number of phenolic OH excluding ortho intramolecular Hbond substituents is 1. The summed E-state index contributed by atoms with van der Waals surface area (Å²) in [5.74, 6) is 0.352. The zero-order chi connectivity index (χ0) is 13.3. The highest BCUT2D eigenvalue weighted by molar-refractivity contribution is 5.40. The fourth-order valence-electron chi connectivity index (χ4n) is 3.52. The van der Waals surface area contributed by atoms with Gasteiger partial charge in [-0.1, -0.05) is 25.3 Å². The van der Waals surface area contributed by atoms with Crippen molar-refractivity contribution in [3.05, 3.63) is 29.3 Å². The van der Waals surface area contributed by atoms with Crippen molar-refractivity contribution >= 4 is 0 Å². The average Bonchev–Trinajstić information content (AvgIpc) is 2.79. The zero-order valence-corrected chi connectivity index (χ0v) is 11.4. The van der Waals surface area contributed by atoms with E-state index in [1.165, 1.54) is 17.5 Å². The predicted octanol–water partition coefficient (Wildman–Crippen LogP) is 2.66. The maximum Gasteiger partial charge on any atom is 0.115 e. The van der Waals surface area contributed by atoms with Crippen LogP contribution in [0.15, 0.2) is 18.2 Å². The highest BCUT2D eigenvalue weighted by Gasteiger charge is 2.31. The number of aryl methyl sites for hydroxylation is 1. The number of hydrogen-bond acceptors (Lipinski definition) is 3. The molecule has 1 aromatic rings. The lowest BCUT2D eigenvalue weighted by Crippen LogP contribution is -2.43. The van der Waals surface area contributed by atoms with Crippen LogP contribution in [-0.4, -0.2) is 22.4 Å². The van der Waals surface area contributed by atoms with Gasteiger partial charge in [0.15, 0.2) is 0 Å². The number of aliphatic hydroxyl groups is 1. The van der Waals surface area contributed by atoms with Crippen molar-refractivity contribution in [2.24, 2.45) is 0 Å². The van der Waals surface area contributed by atoms with Crippen LogP contribution in [0, 0.1) is 0 Å². The second kappa shape index (κ2) is 5.14. The lowest BCUT2D eigenvalue weighted by Gasteiger charge is -2.33. The summed E-state index contributed by atoms with van der Waals surface area (Å²) in [7, 11) is 0. The fraction of sp³-hybridized carbons (Fsp3) is 0.625. The Labute approximate surface area is 114 Å². The van der Waals surface area contributed by atoms with Gasteiger partial charge in [-0.05, 0) is 48.9 Å². The van der Waals surface area contributed by atoms with Crippen LogP contribution < -0.4 is 5.32 Å². The molecule has 1 fully saturated rings. The topological polar surface area (TPSA) is 52.5 Å². The van der Waals surface area contributed by atoms with Gasteiger partial charge in [-0.25, -0.2) is 0 Å². The van der Waals surface area contributed by atoms with Crippen LogP contribution in [0.4, 0.5) is 0 Å². The fourth-order valence-corrected chi connectivity index (χ4v) is 3.52. The van der Waals surface area contributed by atoms with E-state index in [1.54, 1.807) is 6.07 Å². The first-order valence-electron chi connectivity index (χ1n) is 7.44. The number of benzene rings is 1. The van der Waals surface area contributed by atoms with Gasteiger partial charge in [0.25, 0.3) is 0 Å². The summed E-state index contributed by atoms with van der Waals surface area (Å²) in [6, 6.07) is 5.97. The molecule has 1 saturated carbocycles. The van der Waals surface area contributed by atoms with Gasteiger partial charge >= 0.3 is 0 Å². The molecule has 0 heterocycles. The smallest absolute Gasteiger partial charge is 0.115 e. The van der Waals surface area contributed by atoms with Crippen LogP contribution >= 0.6 is 0 Å². The molecule has 3 N–H and O–H groups in total. The monoisotopic (exact) mass is 261 g/mol. The van der Waals surface area contributed by atoms with Crippen molar-refractivity contribution < 1.29 is 10.2 Å². The van der Waals surface area contributed by atoms with E-state index >= 15 is 0 Å². The third-order valence-electron chi connectivity index (χ3n) is 4.67. The Bertz CT molecular complexity index is 452. The Kier molecular flexibility index (Phi) is 3.50. The summed E-state index contributed by atoms with van der Waals surface area (Å²) in [4.78, 5) is 0. The predicted molar refractivity (Wildman–Crippen MR) is 75.2 cm³/mol. The molecule has 0 spiro atoms. The molecule has 1 aromatic carbocycles. The van der Waals surface area contributed by atoms with Crippen LogP contribution in [-0.2, 0) is 6.42 Å². The Morgan fingerprint density at radius 1 is 1.21 bits per heavy atom. The first-order valence-corrected chi connectivity index (χ1v) is 7.44. The summed E-state index contributed by atoms with van der Waals surface area (Å²) in [5, 5.41) is 23.6. The minimum atomic E-state index is -0.502. The quantitative estimate of drug-likeness (QED) is 0.784. The normalized spacial score (nSPS) is 25.2. The Hall–Kier alpha value is -1.06. The molecular formula is C16H23NO2. The summed E-state index contributed by atoms with van der Waals surface area (Å²) in [6.07, 6.45) is 7.48. The molecule has 0 bridgehead atoms. The molecule has 3 rings (SSSR count). The molecule has 0 aliphatic heterocycles. The summed E-state index contributed by atoms with van der Waals surface area (Å²) in [6.45, 7) is 0.692. The molecule has 104 valence electrons.